The van der Waals surface area contributed by atoms with Crippen LogP contribution < -0.4 is 22.1 Å². The minimum absolute atomic E-state index is 0.0368. The summed E-state index contributed by atoms with van der Waals surface area (Å²) in [5, 5.41) is 22.1. The average Bonchev–Trinajstić information content (AvgIpc) is 2.49. The molecule has 0 rings (SSSR count). The number of hydrogen-bond donors (Lipinski definition) is 7. The van der Waals surface area contributed by atoms with Gasteiger partial charge in [-0.2, -0.15) is 12.6 Å². The van der Waals surface area contributed by atoms with Crippen LogP contribution in [0.2, 0.25) is 0 Å². The van der Waals surface area contributed by atoms with Crippen LogP contribution in [0.4, 0.5) is 0 Å². The van der Waals surface area contributed by atoms with Gasteiger partial charge in [0, 0.05) is 5.75 Å². The Hall–Kier alpha value is -1.36. The Labute approximate surface area is 134 Å². The first kappa shape index (κ1) is 20.6. The summed E-state index contributed by atoms with van der Waals surface area (Å²) in [7, 11) is 0. The Balaban J connectivity index is 4.47. The molecule has 3 unspecified atom stereocenters. The van der Waals surface area contributed by atoms with Crippen LogP contribution in [0.15, 0.2) is 0 Å². The van der Waals surface area contributed by atoms with Crippen LogP contribution in [0.1, 0.15) is 19.3 Å². The number of aliphatic carboxylic acids is 1. The molecule has 22 heavy (non-hydrogen) atoms. The van der Waals surface area contributed by atoms with Crippen LogP contribution in [0, 0.1) is 0 Å². The lowest BCUT2D eigenvalue weighted by Gasteiger charge is -2.21. The van der Waals surface area contributed by atoms with Gasteiger partial charge in [-0.15, -0.1) is 0 Å². The molecule has 0 saturated carbocycles. The molecular weight excluding hydrogens is 312 g/mol. The first-order chi connectivity index (χ1) is 10.4. The second-order valence-corrected chi connectivity index (χ2v) is 5.08. The van der Waals surface area contributed by atoms with Gasteiger partial charge < -0.3 is 32.3 Å². The number of carbonyl (C=O) groups is 3. The normalized spacial score (nSPS) is 14.7. The molecule has 0 fully saturated rings. The number of aliphatic hydroxyl groups is 1. The quantitative estimate of drug-likeness (QED) is 0.160. The number of carboxylic acids is 1. The topological polar surface area (TPSA) is 168 Å². The van der Waals surface area contributed by atoms with E-state index < -0.39 is 42.5 Å². The Morgan fingerprint density at radius 1 is 1.09 bits per heavy atom. The molecule has 0 aliphatic rings. The van der Waals surface area contributed by atoms with Crippen molar-refractivity contribution in [3.05, 3.63) is 0 Å². The summed E-state index contributed by atoms with van der Waals surface area (Å²) in [5.74, 6) is -2.69. The van der Waals surface area contributed by atoms with Gasteiger partial charge in [-0.1, -0.05) is 6.42 Å². The maximum atomic E-state index is 11.9. The standard InChI is InChI=1S/C12H24N4O5S/c13-4-2-1-3-7(14)10(18)16-9(6-22)11(19)15-8(5-17)12(20)21/h7-9,17,22H,1-6,13-14H2,(H,15,19)(H,16,18)(H,20,21). The largest absolute Gasteiger partial charge is 0.480 e. The van der Waals surface area contributed by atoms with Crippen molar-refractivity contribution in [2.45, 2.75) is 37.4 Å². The molecule has 2 amide bonds. The Bertz CT molecular complexity index is 383. The van der Waals surface area contributed by atoms with Crippen molar-refractivity contribution in [3.8, 4) is 0 Å². The number of thiol groups is 1. The molecule has 0 aromatic heterocycles. The van der Waals surface area contributed by atoms with Crippen molar-refractivity contribution < 1.29 is 24.6 Å². The SMILES string of the molecule is NCCCCC(N)C(=O)NC(CS)C(=O)NC(CO)C(=O)O. The fraction of sp³-hybridized carbons (Fsp3) is 0.750. The number of carbonyl (C=O) groups excluding carboxylic acids is 2. The van der Waals surface area contributed by atoms with E-state index in [1.54, 1.807) is 0 Å². The van der Waals surface area contributed by atoms with Crippen LogP contribution in [0.3, 0.4) is 0 Å². The lowest BCUT2D eigenvalue weighted by atomic mass is 10.1. The van der Waals surface area contributed by atoms with Gasteiger partial charge in [-0.05, 0) is 19.4 Å². The van der Waals surface area contributed by atoms with E-state index in [2.05, 4.69) is 23.3 Å². The molecule has 0 spiro atoms. The lowest BCUT2D eigenvalue weighted by Crippen LogP contribution is -2.55. The number of carboxylic acid groups (broad SMARTS) is 1. The maximum absolute atomic E-state index is 11.9. The van der Waals surface area contributed by atoms with Gasteiger partial charge in [0.05, 0.1) is 12.6 Å². The molecule has 9 nitrogen and oxygen atoms in total. The zero-order valence-corrected chi connectivity index (χ0v) is 13.1. The Kier molecular flexibility index (Phi) is 10.5. The molecule has 0 aliphatic carbocycles. The van der Waals surface area contributed by atoms with Gasteiger partial charge in [0.15, 0.2) is 0 Å². The fourth-order valence-electron chi connectivity index (χ4n) is 1.57. The van der Waals surface area contributed by atoms with E-state index in [1.807, 2.05) is 0 Å². The highest BCUT2D eigenvalue weighted by Crippen LogP contribution is 2.00. The number of nitrogens with two attached hydrogens (primary N) is 2. The maximum Gasteiger partial charge on any atom is 0.328 e. The van der Waals surface area contributed by atoms with E-state index in [9.17, 15) is 14.4 Å². The van der Waals surface area contributed by atoms with Crippen molar-refractivity contribution in [3.63, 3.8) is 0 Å². The van der Waals surface area contributed by atoms with Crippen LogP contribution in [0.5, 0.6) is 0 Å². The summed E-state index contributed by atoms with van der Waals surface area (Å²) in [6.07, 6.45) is 1.86. The van der Waals surface area contributed by atoms with E-state index in [0.29, 0.717) is 19.4 Å². The third-order valence-corrected chi connectivity index (χ3v) is 3.28. The number of rotatable bonds is 11. The molecule has 0 heterocycles. The van der Waals surface area contributed by atoms with Crippen molar-refractivity contribution in [1.82, 2.24) is 10.6 Å². The first-order valence-electron chi connectivity index (χ1n) is 6.88. The van der Waals surface area contributed by atoms with Gasteiger partial charge in [-0.3, -0.25) is 9.59 Å². The summed E-state index contributed by atoms with van der Waals surface area (Å²) >= 11 is 3.94. The smallest absolute Gasteiger partial charge is 0.328 e. The van der Waals surface area contributed by atoms with Crippen molar-refractivity contribution in [2.75, 3.05) is 18.9 Å². The molecule has 0 aromatic rings. The van der Waals surface area contributed by atoms with E-state index in [-0.39, 0.29) is 5.75 Å². The Morgan fingerprint density at radius 3 is 2.14 bits per heavy atom. The monoisotopic (exact) mass is 336 g/mol. The average molecular weight is 336 g/mol. The zero-order valence-electron chi connectivity index (χ0n) is 12.2. The van der Waals surface area contributed by atoms with Crippen LogP contribution in [-0.4, -0.2) is 65.0 Å². The molecule has 0 aliphatic heterocycles. The molecular formula is C12H24N4O5S. The molecule has 8 N–H and O–H groups in total. The number of aliphatic hydroxyl groups excluding tert-OH is 1. The minimum Gasteiger partial charge on any atom is -0.480 e. The summed E-state index contributed by atoms with van der Waals surface area (Å²) < 4.78 is 0. The van der Waals surface area contributed by atoms with Crippen molar-refractivity contribution >= 4 is 30.4 Å². The predicted octanol–water partition coefficient (Wildman–Crippen LogP) is -2.58. The highest BCUT2D eigenvalue weighted by molar-refractivity contribution is 7.80. The summed E-state index contributed by atoms with van der Waals surface area (Å²) in [6.45, 7) is -0.249. The summed E-state index contributed by atoms with van der Waals surface area (Å²) in [5.41, 5.74) is 11.0. The van der Waals surface area contributed by atoms with E-state index in [4.69, 9.17) is 21.7 Å². The fourth-order valence-corrected chi connectivity index (χ4v) is 1.83. The summed E-state index contributed by atoms with van der Waals surface area (Å²) in [6, 6.07) is -3.26. The first-order valence-corrected chi connectivity index (χ1v) is 7.51. The van der Waals surface area contributed by atoms with E-state index >= 15 is 0 Å². The molecule has 10 heteroatoms. The number of nitrogens with one attached hydrogen (secondary N) is 2. The number of amides is 2. The van der Waals surface area contributed by atoms with Crippen LogP contribution in [-0.2, 0) is 14.4 Å². The molecule has 0 saturated heterocycles. The second kappa shape index (κ2) is 11.2. The molecule has 128 valence electrons. The molecule has 0 bridgehead atoms. The molecule has 0 aromatic carbocycles. The van der Waals surface area contributed by atoms with Crippen LogP contribution in [0.25, 0.3) is 0 Å². The van der Waals surface area contributed by atoms with E-state index in [0.717, 1.165) is 6.42 Å². The third-order valence-electron chi connectivity index (χ3n) is 2.92. The molecule has 0 radical (unpaired) electrons. The highest BCUT2D eigenvalue weighted by atomic mass is 32.1. The highest BCUT2D eigenvalue weighted by Gasteiger charge is 2.26. The molecule has 3 atom stereocenters. The van der Waals surface area contributed by atoms with Crippen LogP contribution >= 0.6 is 12.6 Å². The van der Waals surface area contributed by atoms with Gasteiger partial charge in [-0.25, -0.2) is 4.79 Å². The van der Waals surface area contributed by atoms with Crippen molar-refractivity contribution in [1.29, 1.82) is 0 Å². The van der Waals surface area contributed by atoms with Gasteiger partial charge in [0.2, 0.25) is 11.8 Å². The third kappa shape index (κ3) is 7.59. The Morgan fingerprint density at radius 2 is 1.68 bits per heavy atom. The number of hydrogen-bond acceptors (Lipinski definition) is 7. The lowest BCUT2D eigenvalue weighted by molar-refractivity contribution is -0.143. The van der Waals surface area contributed by atoms with Gasteiger partial charge in [0.1, 0.15) is 12.1 Å². The number of unbranched alkanes of at least 4 members (excludes halogenated alkanes) is 1. The van der Waals surface area contributed by atoms with Crippen molar-refractivity contribution in [2.24, 2.45) is 11.5 Å². The van der Waals surface area contributed by atoms with Gasteiger partial charge in [0.25, 0.3) is 0 Å². The van der Waals surface area contributed by atoms with E-state index in [1.165, 1.54) is 0 Å². The predicted molar refractivity (Wildman–Crippen MR) is 83.3 cm³/mol. The van der Waals surface area contributed by atoms with Gasteiger partial charge >= 0.3 is 5.97 Å². The summed E-state index contributed by atoms with van der Waals surface area (Å²) in [4.78, 5) is 34.5. The minimum atomic E-state index is -1.44. The second-order valence-electron chi connectivity index (χ2n) is 4.72. The zero-order chi connectivity index (χ0) is 17.1.